The van der Waals surface area contributed by atoms with Gasteiger partial charge in [-0.25, -0.2) is 4.39 Å². The van der Waals surface area contributed by atoms with Crippen LogP contribution in [0.2, 0.25) is 5.02 Å². The molecule has 0 unspecified atom stereocenters. The minimum Gasteiger partial charge on any atom is -0.338 e. The summed E-state index contributed by atoms with van der Waals surface area (Å²) in [7, 11) is 0. The quantitative estimate of drug-likeness (QED) is 0.681. The Balaban J connectivity index is 1.54. The fourth-order valence-electron chi connectivity index (χ4n) is 3.23. The number of hydrogen-bond donors (Lipinski definition) is 0. The number of rotatable bonds is 3. The Hall–Kier alpha value is -2.80. The number of benzene rings is 1. The zero-order valence-electron chi connectivity index (χ0n) is 14.3. The molecule has 1 fully saturated rings. The number of likely N-dealkylation sites (tertiary alicyclic amines) is 1. The topological polar surface area (TPSA) is 72.1 Å². The first kappa shape index (κ1) is 17.6. The van der Waals surface area contributed by atoms with Crippen molar-refractivity contribution in [1.29, 1.82) is 0 Å². The summed E-state index contributed by atoms with van der Waals surface area (Å²) in [6, 6.07) is 9.65. The highest BCUT2D eigenvalue weighted by molar-refractivity contribution is 6.33. The molecule has 1 atom stereocenters. The van der Waals surface area contributed by atoms with Crippen molar-refractivity contribution in [2.75, 3.05) is 13.1 Å². The minimum atomic E-state index is -0.619. The van der Waals surface area contributed by atoms with Gasteiger partial charge in [-0.05, 0) is 37.1 Å². The molecular weight excluding hydrogens is 371 g/mol. The molecule has 0 radical (unpaired) electrons. The molecule has 0 saturated carbocycles. The molecule has 4 rings (SSSR count). The summed E-state index contributed by atoms with van der Waals surface area (Å²) in [5.41, 5.74) is 0.500. The fourth-order valence-corrected chi connectivity index (χ4v) is 3.47. The molecule has 1 aliphatic heterocycles. The lowest BCUT2D eigenvalue weighted by Crippen LogP contribution is -2.39. The van der Waals surface area contributed by atoms with Crippen molar-refractivity contribution in [3.63, 3.8) is 0 Å². The van der Waals surface area contributed by atoms with Crippen LogP contribution >= 0.6 is 11.6 Å². The van der Waals surface area contributed by atoms with Gasteiger partial charge in [-0.15, -0.1) is 0 Å². The van der Waals surface area contributed by atoms with Crippen LogP contribution in [0.15, 0.2) is 47.1 Å². The molecular formula is C19H16ClFN4O2. The monoisotopic (exact) mass is 386 g/mol. The highest BCUT2D eigenvalue weighted by Crippen LogP contribution is 2.29. The number of halogens is 2. The van der Waals surface area contributed by atoms with Crippen molar-refractivity contribution in [2.45, 2.75) is 18.8 Å². The van der Waals surface area contributed by atoms with Gasteiger partial charge in [-0.3, -0.25) is 9.78 Å². The first-order chi connectivity index (χ1) is 13.1. The van der Waals surface area contributed by atoms with Gasteiger partial charge in [0.15, 0.2) is 5.82 Å². The van der Waals surface area contributed by atoms with Crippen molar-refractivity contribution >= 4 is 17.5 Å². The van der Waals surface area contributed by atoms with Gasteiger partial charge in [-0.2, -0.15) is 4.98 Å². The largest absolute Gasteiger partial charge is 0.338 e. The van der Waals surface area contributed by atoms with Gasteiger partial charge in [0.25, 0.3) is 11.8 Å². The minimum absolute atomic E-state index is 0.0885. The first-order valence-corrected chi connectivity index (χ1v) is 8.99. The van der Waals surface area contributed by atoms with Crippen molar-refractivity contribution in [1.82, 2.24) is 20.0 Å². The third-order valence-corrected chi connectivity index (χ3v) is 4.89. The van der Waals surface area contributed by atoms with E-state index < -0.39 is 11.7 Å². The Morgan fingerprint density at radius 1 is 1.26 bits per heavy atom. The fraction of sp³-hybridized carbons (Fsp3) is 0.263. The highest BCUT2D eigenvalue weighted by atomic mass is 35.5. The third kappa shape index (κ3) is 3.55. The van der Waals surface area contributed by atoms with Crippen LogP contribution in [0.5, 0.6) is 0 Å². The van der Waals surface area contributed by atoms with Crippen LogP contribution in [0.1, 0.15) is 34.9 Å². The number of amides is 1. The number of carbonyl (C=O) groups excluding carboxylic acids is 1. The Morgan fingerprint density at radius 2 is 2.15 bits per heavy atom. The molecule has 0 N–H and O–H groups in total. The molecule has 27 heavy (non-hydrogen) atoms. The summed E-state index contributed by atoms with van der Waals surface area (Å²) in [6.45, 7) is 0.912. The molecule has 138 valence electrons. The van der Waals surface area contributed by atoms with Crippen molar-refractivity contribution in [3.05, 3.63) is 64.8 Å². The van der Waals surface area contributed by atoms with Gasteiger partial charge in [0.2, 0.25) is 0 Å². The van der Waals surface area contributed by atoms with E-state index in [1.54, 1.807) is 23.2 Å². The molecule has 3 aromatic rings. The van der Waals surface area contributed by atoms with E-state index in [0.29, 0.717) is 30.5 Å². The molecule has 6 nitrogen and oxygen atoms in total. The Morgan fingerprint density at radius 3 is 2.93 bits per heavy atom. The van der Waals surface area contributed by atoms with Crippen molar-refractivity contribution < 1.29 is 13.7 Å². The number of hydrogen-bond acceptors (Lipinski definition) is 5. The van der Waals surface area contributed by atoms with Gasteiger partial charge in [0.05, 0.1) is 10.6 Å². The molecule has 0 spiro atoms. The second-order valence-corrected chi connectivity index (χ2v) is 6.77. The zero-order valence-corrected chi connectivity index (χ0v) is 15.1. The summed E-state index contributed by atoms with van der Waals surface area (Å²) in [5.74, 6) is -0.267. The maximum absolute atomic E-state index is 14.1. The summed E-state index contributed by atoms with van der Waals surface area (Å²) in [4.78, 5) is 23.0. The third-order valence-electron chi connectivity index (χ3n) is 4.58. The van der Waals surface area contributed by atoms with Crippen molar-refractivity contribution in [2.24, 2.45) is 0 Å². The zero-order chi connectivity index (χ0) is 18.8. The SMILES string of the molecule is O=C(c1c(F)cccc1Cl)N1CCC[C@H](c2noc(-c3ccccn3)n2)C1. The lowest BCUT2D eigenvalue weighted by atomic mass is 9.96. The van der Waals surface area contributed by atoms with Crippen molar-refractivity contribution in [3.8, 4) is 11.6 Å². The Kier molecular flexibility index (Phi) is 4.85. The molecule has 0 bridgehead atoms. The van der Waals surface area contributed by atoms with Crippen LogP contribution in [0.3, 0.4) is 0 Å². The number of carbonyl (C=O) groups is 1. The average Bonchev–Trinajstić information content (AvgIpc) is 3.19. The van der Waals surface area contributed by atoms with Crippen LogP contribution in [0, 0.1) is 5.82 Å². The second-order valence-electron chi connectivity index (χ2n) is 6.36. The highest BCUT2D eigenvalue weighted by Gasteiger charge is 2.30. The molecule has 1 amide bonds. The molecule has 8 heteroatoms. The summed E-state index contributed by atoms with van der Waals surface area (Å²) < 4.78 is 19.4. The van der Waals surface area contributed by atoms with E-state index in [0.717, 1.165) is 12.8 Å². The standard InChI is InChI=1S/C19H16ClFN4O2/c20-13-6-3-7-14(21)16(13)19(26)25-10-4-5-12(11-25)17-23-18(27-24-17)15-8-1-2-9-22-15/h1-3,6-9,12H,4-5,10-11H2/t12-/m0/s1. The van der Waals surface area contributed by atoms with E-state index in [1.807, 2.05) is 6.07 Å². The van der Waals surface area contributed by atoms with Crippen LogP contribution in [0.4, 0.5) is 4.39 Å². The smallest absolute Gasteiger partial charge is 0.276 e. The van der Waals surface area contributed by atoms with Gasteiger partial charge >= 0.3 is 0 Å². The lowest BCUT2D eigenvalue weighted by Gasteiger charge is -2.31. The Bertz CT molecular complexity index is 943. The Labute approximate surface area is 160 Å². The summed E-state index contributed by atoms with van der Waals surface area (Å²) in [5, 5.41) is 4.16. The second kappa shape index (κ2) is 7.44. The van der Waals surface area contributed by atoms with E-state index in [2.05, 4.69) is 15.1 Å². The van der Waals surface area contributed by atoms with E-state index in [-0.39, 0.29) is 16.5 Å². The summed E-state index contributed by atoms with van der Waals surface area (Å²) >= 11 is 6.03. The van der Waals surface area contributed by atoms with E-state index in [4.69, 9.17) is 16.1 Å². The maximum Gasteiger partial charge on any atom is 0.276 e. The molecule has 1 aliphatic rings. The summed E-state index contributed by atoms with van der Waals surface area (Å²) in [6.07, 6.45) is 3.23. The van der Waals surface area contributed by atoms with Crippen LogP contribution in [0.25, 0.3) is 11.6 Å². The normalized spacial score (nSPS) is 17.1. The number of aromatic nitrogens is 3. The van der Waals surface area contributed by atoms with E-state index in [1.165, 1.54) is 18.2 Å². The predicted octanol–water partition coefficient (Wildman–Crippen LogP) is 3.94. The number of pyridine rings is 1. The molecule has 1 aromatic carbocycles. The predicted molar refractivity (Wildman–Crippen MR) is 96.8 cm³/mol. The van der Waals surface area contributed by atoms with Gasteiger partial charge in [0, 0.05) is 25.2 Å². The molecule has 0 aliphatic carbocycles. The van der Waals surface area contributed by atoms with Gasteiger partial charge in [-0.1, -0.05) is 28.9 Å². The van der Waals surface area contributed by atoms with Crippen LogP contribution < -0.4 is 0 Å². The van der Waals surface area contributed by atoms with Gasteiger partial charge in [0.1, 0.15) is 11.5 Å². The lowest BCUT2D eigenvalue weighted by molar-refractivity contribution is 0.0699. The number of piperidine rings is 1. The van der Waals surface area contributed by atoms with Crippen LogP contribution in [-0.2, 0) is 0 Å². The van der Waals surface area contributed by atoms with Crippen LogP contribution in [-0.4, -0.2) is 39.0 Å². The van der Waals surface area contributed by atoms with E-state index >= 15 is 0 Å². The van der Waals surface area contributed by atoms with Gasteiger partial charge < -0.3 is 9.42 Å². The number of nitrogens with zero attached hydrogens (tertiary/aromatic N) is 4. The maximum atomic E-state index is 14.1. The molecule has 1 saturated heterocycles. The first-order valence-electron chi connectivity index (χ1n) is 8.62. The molecule has 2 aromatic heterocycles. The molecule has 3 heterocycles. The van der Waals surface area contributed by atoms with E-state index in [9.17, 15) is 9.18 Å². The average molecular weight is 387 g/mol.